The van der Waals surface area contributed by atoms with Crippen LogP contribution in [0.3, 0.4) is 0 Å². The van der Waals surface area contributed by atoms with Gasteiger partial charge in [-0.2, -0.15) is 13.2 Å². The third-order valence-corrected chi connectivity index (χ3v) is 6.04. The van der Waals surface area contributed by atoms with Gasteiger partial charge < -0.3 is 15.8 Å². The van der Waals surface area contributed by atoms with Gasteiger partial charge in [-0.25, -0.2) is 0 Å². The van der Waals surface area contributed by atoms with Gasteiger partial charge in [0, 0.05) is 25.2 Å². The van der Waals surface area contributed by atoms with Crippen LogP contribution < -0.4 is 11.1 Å². The van der Waals surface area contributed by atoms with Gasteiger partial charge in [0.1, 0.15) is 0 Å². The number of halogens is 3. The molecule has 1 saturated heterocycles. The number of ether oxygens (including phenoxy) is 1. The molecule has 1 amide bonds. The van der Waals surface area contributed by atoms with Crippen molar-refractivity contribution in [3.8, 4) is 0 Å². The van der Waals surface area contributed by atoms with Gasteiger partial charge in [0.15, 0.2) is 0 Å². The summed E-state index contributed by atoms with van der Waals surface area (Å²) in [6, 6.07) is 5.54. The van der Waals surface area contributed by atoms with E-state index in [1.807, 2.05) is 0 Å². The fourth-order valence-corrected chi connectivity index (χ4v) is 4.21. The zero-order valence-electron chi connectivity index (χ0n) is 15.4. The predicted octanol–water partition coefficient (Wildman–Crippen LogP) is 3.53. The van der Waals surface area contributed by atoms with Crippen molar-refractivity contribution in [3.05, 3.63) is 35.4 Å². The smallest absolute Gasteiger partial charge is 0.381 e. The standard InChI is InChI=1S/C20H27F3N2O2/c21-20(22,23)16-6-4-5-15(13-16)18(7-2-1-3-8-18)14-25-17(26)19(24)9-11-27-12-10-19/h4-6,13H,1-3,7-12,14,24H2,(H,25,26). The first-order chi connectivity index (χ1) is 12.8. The third-order valence-electron chi connectivity index (χ3n) is 6.04. The lowest BCUT2D eigenvalue weighted by molar-refractivity contribution is -0.137. The fraction of sp³-hybridized carbons (Fsp3) is 0.650. The predicted molar refractivity (Wildman–Crippen MR) is 96.2 cm³/mol. The molecule has 0 atom stereocenters. The molecule has 3 N–H and O–H groups in total. The maximum Gasteiger partial charge on any atom is 0.416 e. The van der Waals surface area contributed by atoms with E-state index in [1.165, 1.54) is 12.1 Å². The first kappa shape index (κ1) is 20.1. The Morgan fingerprint density at radius 1 is 1.11 bits per heavy atom. The van der Waals surface area contributed by atoms with Gasteiger partial charge in [-0.1, -0.05) is 37.5 Å². The van der Waals surface area contributed by atoms with Crippen molar-refractivity contribution in [3.63, 3.8) is 0 Å². The van der Waals surface area contributed by atoms with Gasteiger partial charge >= 0.3 is 6.18 Å². The lowest BCUT2D eigenvalue weighted by atomic mass is 9.69. The first-order valence-corrected chi connectivity index (χ1v) is 9.58. The molecule has 2 aliphatic rings. The first-order valence-electron chi connectivity index (χ1n) is 9.58. The molecule has 1 heterocycles. The van der Waals surface area contributed by atoms with E-state index in [4.69, 9.17) is 10.5 Å². The van der Waals surface area contributed by atoms with Crippen molar-refractivity contribution in [2.45, 2.75) is 62.1 Å². The molecule has 1 aromatic carbocycles. The Balaban J connectivity index is 1.80. The summed E-state index contributed by atoms with van der Waals surface area (Å²) < 4.78 is 44.8. The molecule has 4 nitrogen and oxygen atoms in total. The molecule has 0 aromatic heterocycles. The van der Waals surface area contributed by atoms with Gasteiger partial charge in [-0.05, 0) is 37.3 Å². The number of rotatable bonds is 4. The van der Waals surface area contributed by atoms with Crippen molar-refractivity contribution in [2.24, 2.45) is 5.73 Å². The summed E-state index contributed by atoms with van der Waals surface area (Å²) in [5.41, 5.74) is 4.81. The topological polar surface area (TPSA) is 64.4 Å². The molecule has 0 radical (unpaired) electrons. The molecule has 1 aromatic rings. The summed E-state index contributed by atoms with van der Waals surface area (Å²) in [6.45, 7) is 1.21. The molecule has 3 rings (SSSR count). The van der Waals surface area contributed by atoms with Crippen molar-refractivity contribution in [1.82, 2.24) is 5.32 Å². The second kappa shape index (κ2) is 7.80. The summed E-state index contributed by atoms with van der Waals surface area (Å²) in [5.74, 6) is -0.234. The van der Waals surface area contributed by atoms with Crippen LogP contribution in [0.5, 0.6) is 0 Å². The molecule has 0 unspecified atom stereocenters. The maximum absolute atomic E-state index is 13.2. The number of hydrogen-bond acceptors (Lipinski definition) is 3. The van der Waals surface area contributed by atoms with E-state index in [0.717, 1.165) is 38.2 Å². The molecule has 2 fully saturated rings. The normalized spacial score (nSPS) is 22.2. The monoisotopic (exact) mass is 384 g/mol. The minimum absolute atomic E-state index is 0.234. The molecule has 1 saturated carbocycles. The Labute approximate surface area is 157 Å². The summed E-state index contributed by atoms with van der Waals surface area (Å²) in [4.78, 5) is 12.7. The Morgan fingerprint density at radius 3 is 2.41 bits per heavy atom. The zero-order valence-corrected chi connectivity index (χ0v) is 15.4. The maximum atomic E-state index is 13.2. The number of alkyl halides is 3. The van der Waals surface area contributed by atoms with Gasteiger partial charge in [-0.15, -0.1) is 0 Å². The number of amides is 1. The fourth-order valence-electron chi connectivity index (χ4n) is 4.21. The van der Waals surface area contributed by atoms with Gasteiger partial charge in [-0.3, -0.25) is 4.79 Å². The molecule has 0 spiro atoms. The van der Waals surface area contributed by atoms with Crippen molar-refractivity contribution < 1.29 is 22.7 Å². The zero-order chi connectivity index (χ0) is 19.5. The SMILES string of the molecule is NC1(C(=O)NCC2(c3cccc(C(F)(F)F)c3)CCCCC2)CCOCC1. The van der Waals surface area contributed by atoms with Crippen LogP contribution in [0.15, 0.2) is 24.3 Å². The van der Waals surface area contributed by atoms with Crippen LogP contribution in [-0.4, -0.2) is 31.2 Å². The molecule has 150 valence electrons. The highest BCUT2D eigenvalue weighted by molar-refractivity contribution is 5.86. The number of nitrogens with two attached hydrogens (primary N) is 1. The summed E-state index contributed by atoms with van der Waals surface area (Å²) in [7, 11) is 0. The van der Waals surface area contributed by atoms with Gasteiger partial charge in [0.25, 0.3) is 0 Å². The molecule has 0 bridgehead atoms. The Bertz CT molecular complexity index is 663. The quantitative estimate of drug-likeness (QED) is 0.835. The summed E-state index contributed by atoms with van der Waals surface area (Å²) >= 11 is 0. The molecular weight excluding hydrogens is 357 g/mol. The lowest BCUT2D eigenvalue weighted by Crippen LogP contribution is -2.58. The van der Waals surface area contributed by atoms with Crippen LogP contribution in [0.1, 0.15) is 56.1 Å². The highest BCUT2D eigenvalue weighted by Crippen LogP contribution is 2.41. The average Bonchev–Trinajstić information content (AvgIpc) is 2.67. The van der Waals surface area contributed by atoms with Crippen LogP contribution in [-0.2, 0) is 21.1 Å². The molecule has 27 heavy (non-hydrogen) atoms. The van der Waals surface area contributed by atoms with Gasteiger partial charge in [0.05, 0.1) is 11.1 Å². The Morgan fingerprint density at radius 2 is 1.78 bits per heavy atom. The van der Waals surface area contributed by atoms with Gasteiger partial charge in [0.2, 0.25) is 5.91 Å². The number of nitrogens with one attached hydrogen (secondary N) is 1. The average molecular weight is 384 g/mol. The summed E-state index contributed by atoms with van der Waals surface area (Å²) in [5, 5.41) is 2.96. The van der Waals surface area contributed by atoms with Crippen LogP contribution >= 0.6 is 0 Å². The number of carbonyl (C=O) groups is 1. The largest absolute Gasteiger partial charge is 0.416 e. The molecule has 7 heteroatoms. The Kier molecular flexibility index (Phi) is 5.82. The molecule has 1 aliphatic heterocycles. The van der Waals surface area contributed by atoms with E-state index in [2.05, 4.69) is 5.32 Å². The van der Waals surface area contributed by atoms with Crippen LogP contribution in [0.4, 0.5) is 13.2 Å². The van der Waals surface area contributed by atoms with E-state index >= 15 is 0 Å². The highest BCUT2D eigenvalue weighted by atomic mass is 19.4. The third kappa shape index (κ3) is 4.46. The van der Waals surface area contributed by atoms with E-state index in [1.54, 1.807) is 6.07 Å². The van der Waals surface area contributed by atoms with E-state index < -0.39 is 22.7 Å². The molecule has 1 aliphatic carbocycles. The second-order valence-electron chi connectivity index (χ2n) is 7.87. The minimum atomic E-state index is -4.38. The van der Waals surface area contributed by atoms with Crippen molar-refractivity contribution in [1.29, 1.82) is 0 Å². The number of hydrogen-bond donors (Lipinski definition) is 2. The van der Waals surface area contributed by atoms with E-state index in [9.17, 15) is 18.0 Å². The van der Waals surface area contributed by atoms with Crippen LogP contribution in [0, 0.1) is 0 Å². The van der Waals surface area contributed by atoms with Crippen LogP contribution in [0.25, 0.3) is 0 Å². The lowest BCUT2D eigenvalue weighted by Gasteiger charge is -2.40. The second-order valence-corrected chi connectivity index (χ2v) is 7.87. The minimum Gasteiger partial charge on any atom is -0.381 e. The summed E-state index contributed by atoms with van der Waals surface area (Å²) in [6.07, 6.45) is 0.988. The molecular formula is C20H27F3N2O2. The van der Waals surface area contributed by atoms with E-state index in [-0.39, 0.29) is 5.91 Å². The highest BCUT2D eigenvalue weighted by Gasteiger charge is 2.40. The number of carbonyl (C=O) groups excluding carboxylic acids is 1. The Hall–Kier alpha value is -1.60. The van der Waals surface area contributed by atoms with Crippen molar-refractivity contribution in [2.75, 3.05) is 19.8 Å². The van der Waals surface area contributed by atoms with Crippen molar-refractivity contribution >= 4 is 5.91 Å². The number of benzene rings is 1. The van der Waals surface area contributed by atoms with Crippen LogP contribution in [0.2, 0.25) is 0 Å². The van der Waals surface area contributed by atoms with E-state index in [0.29, 0.717) is 38.2 Å².